The Kier molecular flexibility index (Phi) is 2.38. The summed E-state index contributed by atoms with van der Waals surface area (Å²) < 4.78 is 5.19. The van der Waals surface area contributed by atoms with Crippen molar-refractivity contribution in [3.05, 3.63) is 40.8 Å². The largest absolute Gasteiger partial charge is 0.422 e. The normalized spacial score (nSPS) is 10.7. The second-order valence-corrected chi connectivity index (χ2v) is 3.89. The molecule has 3 rings (SSSR count). The number of nitrogens with two attached hydrogens (primary N) is 2. The Hall–Kier alpha value is -2.96. The highest BCUT2D eigenvalue weighted by atomic mass is 16.4. The van der Waals surface area contributed by atoms with Gasteiger partial charge in [0.1, 0.15) is 11.3 Å². The van der Waals surface area contributed by atoms with Crippen LogP contribution in [0.3, 0.4) is 0 Å². The topological polar surface area (TPSA) is 121 Å². The summed E-state index contributed by atoms with van der Waals surface area (Å²) in [6, 6.07) is 8.78. The van der Waals surface area contributed by atoms with Crippen molar-refractivity contribution in [2.45, 2.75) is 0 Å². The fourth-order valence-corrected chi connectivity index (χ4v) is 1.77. The van der Waals surface area contributed by atoms with E-state index in [-0.39, 0.29) is 23.0 Å². The lowest BCUT2D eigenvalue weighted by Gasteiger charge is -2.03. The van der Waals surface area contributed by atoms with Crippen molar-refractivity contribution < 1.29 is 4.42 Å². The SMILES string of the molecule is Nc1nnc(-c2cc3ccccc3oc2=O)c(N)n1. The van der Waals surface area contributed by atoms with Gasteiger partial charge < -0.3 is 15.9 Å². The first-order chi connectivity index (χ1) is 9.15. The number of hydrogen-bond donors (Lipinski definition) is 2. The summed E-state index contributed by atoms with van der Waals surface area (Å²) in [5, 5.41) is 8.15. The molecular weight excluding hydrogens is 246 g/mol. The fraction of sp³-hybridized carbons (Fsp3) is 0. The van der Waals surface area contributed by atoms with E-state index in [0.717, 1.165) is 5.39 Å². The molecule has 2 heterocycles. The van der Waals surface area contributed by atoms with Crippen LogP contribution in [0.5, 0.6) is 0 Å². The van der Waals surface area contributed by atoms with Crippen LogP contribution >= 0.6 is 0 Å². The standard InChI is InChI=1S/C12H9N5O2/c13-10-9(16-17-12(14)15-10)7-5-6-3-1-2-4-8(6)19-11(7)18/h1-5H,(H4,13,14,15,17). The van der Waals surface area contributed by atoms with Crippen LogP contribution in [0.25, 0.3) is 22.2 Å². The van der Waals surface area contributed by atoms with Crippen LogP contribution in [0.15, 0.2) is 39.5 Å². The summed E-state index contributed by atoms with van der Waals surface area (Å²) in [4.78, 5) is 15.7. The van der Waals surface area contributed by atoms with Gasteiger partial charge in [0.25, 0.3) is 0 Å². The molecule has 0 bridgehead atoms. The molecule has 94 valence electrons. The Morgan fingerprint density at radius 1 is 1.11 bits per heavy atom. The first kappa shape index (κ1) is 11.1. The Balaban J connectivity index is 2.30. The van der Waals surface area contributed by atoms with Gasteiger partial charge in [-0.3, -0.25) is 0 Å². The van der Waals surface area contributed by atoms with Crippen LogP contribution in [-0.4, -0.2) is 15.2 Å². The molecule has 4 N–H and O–H groups in total. The molecule has 19 heavy (non-hydrogen) atoms. The lowest BCUT2D eigenvalue weighted by Crippen LogP contribution is -2.10. The summed E-state index contributed by atoms with van der Waals surface area (Å²) in [6.45, 7) is 0. The highest BCUT2D eigenvalue weighted by Gasteiger charge is 2.14. The molecule has 2 aromatic heterocycles. The number of hydrogen-bond acceptors (Lipinski definition) is 7. The van der Waals surface area contributed by atoms with E-state index in [1.807, 2.05) is 12.1 Å². The fourth-order valence-electron chi connectivity index (χ4n) is 1.77. The molecule has 0 fully saturated rings. The van der Waals surface area contributed by atoms with Gasteiger partial charge in [-0.05, 0) is 12.1 Å². The molecule has 7 nitrogen and oxygen atoms in total. The van der Waals surface area contributed by atoms with Crippen molar-refractivity contribution in [3.63, 3.8) is 0 Å². The summed E-state index contributed by atoms with van der Waals surface area (Å²) in [5.74, 6) is -0.0125. The Morgan fingerprint density at radius 3 is 2.68 bits per heavy atom. The number of fused-ring (bicyclic) bond motifs is 1. The van der Waals surface area contributed by atoms with Crippen molar-refractivity contribution in [3.8, 4) is 11.3 Å². The molecule has 3 aromatic rings. The molecule has 0 radical (unpaired) electrons. The van der Waals surface area contributed by atoms with Crippen molar-refractivity contribution in [2.75, 3.05) is 11.5 Å². The monoisotopic (exact) mass is 255 g/mol. The summed E-state index contributed by atoms with van der Waals surface area (Å²) in [7, 11) is 0. The Labute approximate surface area is 106 Å². The molecular formula is C12H9N5O2. The third-order valence-electron chi connectivity index (χ3n) is 2.63. The van der Waals surface area contributed by atoms with Crippen LogP contribution in [0.1, 0.15) is 0 Å². The molecule has 0 atom stereocenters. The van der Waals surface area contributed by atoms with Crippen LogP contribution < -0.4 is 17.1 Å². The van der Waals surface area contributed by atoms with Gasteiger partial charge in [0.15, 0.2) is 5.82 Å². The van der Waals surface area contributed by atoms with Gasteiger partial charge in [-0.2, -0.15) is 4.98 Å². The van der Waals surface area contributed by atoms with E-state index in [1.165, 1.54) is 0 Å². The van der Waals surface area contributed by atoms with Crippen LogP contribution in [-0.2, 0) is 0 Å². The summed E-state index contributed by atoms with van der Waals surface area (Å²) >= 11 is 0. The van der Waals surface area contributed by atoms with E-state index in [9.17, 15) is 4.79 Å². The van der Waals surface area contributed by atoms with E-state index in [2.05, 4.69) is 15.2 Å². The predicted octanol–water partition coefficient (Wildman–Crippen LogP) is 0.809. The third kappa shape index (κ3) is 1.86. The lowest BCUT2D eigenvalue weighted by atomic mass is 10.1. The van der Waals surface area contributed by atoms with Crippen molar-refractivity contribution in [2.24, 2.45) is 0 Å². The number of para-hydroxylation sites is 1. The zero-order valence-corrected chi connectivity index (χ0v) is 9.70. The summed E-state index contributed by atoms with van der Waals surface area (Å²) in [6.07, 6.45) is 0. The predicted molar refractivity (Wildman–Crippen MR) is 70.1 cm³/mol. The van der Waals surface area contributed by atoms with Gasteiger partial charge in [-0.25, -0.2) is 4.79 Å². The Morgan fingerprint density at radius 2 is 1.89 bits per heavy atom. The second-order valence-electron chi connectivity index (χ2n) is 3.89. The van der Waals surface area contributed by atoms with Gasteiger partial charge in [0.05, 0.1) is 5.56 Å². The van der Waals surface area contributed by atoms with Crippen LogP contribution in [0.2, 0.25) is 0 Å². The van der Waals surface area contributed by atoms with Gasteiger partial charge in [-0.15, -0.1) is 10.2 Å². The van der Waals surface area contributed by atoms with E-state index in [4.69, 9.17) is 15.9 Å². The minimum absolute atomic E-state index is 0.0371. The van der Waals surface area contributed by atoms with E-state index < -0.39 is 5.63 Å². The molecule has 0 unspecified atom stereocenters. The maximum Gasteiger partial charge on any atom is 0.345 e. The lowest BCUT2D eigenvalue weighted by molar-refractivity contribution is 0.563. The third-order valence-corrected chi connectivity index (χ3v) is 2.63. The maximum absolute atomic E-state index is 11.9. The average Bonchev–Trinajstić information content (AvgIpc) is 2.38. The number of anilines is 2. The average molecular weight is 255 g/mol. The molecule has 0 aliphatic carbocycles. The zero-order valence-electron chi connectivity index (χ0n) is 9.70. The Bertz CT molecular complexity index is 828. The van der Waals surface area contributed by atoms with E-state index >= 15 is 0 Å². The minimum atomic E-state index is -0.550. The molecule has 0 spiro atoms. The number of nitrogen functional groups attached to an aromatic ring is 2. The zero-order chi connectivity index (χ0) is 13.4. The van der Waals surface area contributed by atoms with Gasteiger partial charge >= 0.3 is 5.63 Å². The second kappa shape index (κ2) is 4.05. The molecule has 0 amide bonds. The van der Waals surface area contributed by atoms with Crippen molar-refractivity contribution in [1.82, 2.24) is 15.2 Å². The highest BCUT2D eigenvalue weighted by Crippen LogP contribution is 2.22. The van der Waals surface area contributed by atoms with Crippen LogP contribution in [0.4, 0.5) is 11.8 Å². The van der Waals surface area contributed by atoms with Gasteiger partial charge in [-0.1, -0.05) is 18.2 Å². The van der Waals surface area contributed by atoms with E-state index in [0.29, 0.717) is 5.58 Å². The quantitative estimate of drug-likeness (QED) is 0.617. The molecule has 1 aromatic carbocycles. The first-order valence-corrected chi connectivity index (χ1v) is 5.44. The highest BCUT2D eigenvalue weighted by molar-refractivity contribution is 5.82. The van der Waals surface area contributed by atoms with Crippen molar-refractivity contribution >= 4 is 22.7 Å². The number of nitrogens with zero attached hydrogens (tertiary/aromatic N) is 3. The number of rotatable bonds is 1. The molecule has 0 aliphatic heterocycles. The smallest absolute Gasteiger partial charge is 0.345 e. The van der Waals surface area contributed by atoms with Gasteiger partial charge in [0, 0.05) is 5.39 Å². The van der Waals surface area contributed by atoms with Crippen LogP contribution in [0, 0.1) is 0 Å². The molecule has 0 saturated carbocycles. The number of aromatic nitrogens is 3. The first-order valence-electron chi connectivity index (χ1n) is 5.44. The minimum Gasteiger partial charge on any atom is -0.422 e. The van der Waals surface area contributed by atoms with Crippen molar-refractivity contribution in [1.29, 1.82) is 0 Å². The van der Waals surface area contributed by atoms with E-state index in [1.54, 1.807) is 18.2 Å². The summed E-state index contributed by atoms with van der Waals surface area (Å²) in [5.41, 5.74) is 11.4. The van der Waals surface area contributed by atoms with Gasteiger partial charge in [0.2, 0.25) is 5.95 Å². The molecule has 0 saturated heterocycles. The molecule has 0 aliphatic rings. The maximum atomic E-state index is 11.9. The number of benzene rings is 1. The molecule has 7 heteroatoms.